The molecular weight excluding hydrogens is 232 g/mol. The van der Waals surface area contributed by atoms with Crippen molar-refractivity contribution in [2.24, 2.45) is 0 Å². The lowest BCUT2D eigenvalue weighted by atomic mass is 10.2. The average Bonchev–Trinajstić information content (AvgIpc) is 2.98. The van der Waals surface area contributed by atoms with E-state index in [1.54, 1.807) is 0 Å². The van der Waals surface area contributed by atoms with Crippen molar-refractivity contribution in [2.45, 2.75) is 45.6 Å². The predicted molar refractivity (Wildman–Crippen MR) is 67.3 cm³/mol. The Morgan fingerprint density at radius 1 is 1.61 bits per heavy atom. The van der Waals surface area contributed by atoms with E-state index in [9.17, 15) is 4.79 Å². The van der Waals surface area contributed by atoms with Gasteiger partial charge in [0.05, 0.1) is 0 Å². The standard InChI is InChI=1S/C12H20N4O2/c1-4-10(17)16-6-5-9(7-16)13-12-14-11(8(2)3)15-18-12/h8-9H,4-7H2,1-3H3,(H,13,14,15)/t9-/m1/s1. The van der Waals surface area contributed by atoms with Crippen molar-refractivity contribution >= 4 is 11.9 Å². The maximum atomic E-state index is 11.6. The molecule has 1 aliphatic heterocycles. The van der Waals surface area contributed by atoms with Crippen LogP contribution in [0.5, 0.6) is 0 Å². The Morgan fingerprint density at radius 2 is 2.39 bits per heavy atom. The number of anilines is 1. The Morgan fingerprint density at radius 3 is 3.00 bits per heavy atom. The molecule has 1 aliphatic rings. The number of aromatic nitrogens is 2. The maximum Gasteiger partial charge on any atom is 0.321 e. The summed E-state index contributed by atoms with van der Waals surface area (Å²) in [7, 11) is 0. The average molecular weight is 252 g/mol. The van der Waals surface area contributed by atoms with Gasteiger partial charge in [-0.05, 0) is 6.42 Å². The van der Waals surface area contributed by atoms with E-state index in [-0.39, 0.29) is 17.9 Å². The molecule has 1 amide bonds. The highest BCUT2D eigenvalue weighted by Crippen LogP contribution is 2.17. The van der Waals surface area contributed by atoms with Crippen LogP contribution in [0.2, 0.25) is 0 Å². The van der Waals surface area contributed by atoms with Gasteiger partial charge in [0.1, 0.15) is 0 Å². The van der Waals surface area contributed by atoms with Gasteiger partial charge in [0.25, 0.3) is 0 Å². The largest absolute Gasteiger partial charge is 0.341 e. The number of nitrogens with one attached hydrogen (secondary N) is 1. The minimum absolute atomic E-state index is 0.202. The minimum atomic E-state index is 0.202. The van der Waals surface area contributed by atoms with E-state index in [0.717, 1.165) is 13.0 Å². The first-order valence-corrected chi connectivity index (χ1v) is 6.48. The van der Waals surface area contributed by atoms with Crippen LogP contribution in [-0.4, -0.2) is 40.1 Å². The van der Waals surface area contributed by atoms with Crippen LogP contribution in [0.1, 0.15) is 45.4 Å². The topological polar surface area (TPSA) is 71.3 Å². The third kappa shape index (κ3) is 2.80. The molecule has 0 radical (unpaired) electrons. The summed E-state index contributed by atoms with van der Waals surface area (Å²) in [6.45, 7) is 7.44. The van der Waals surface area contributed by atoms with Crippen molar-refractivity contribution in [3.63, 3.8) is 0 Å². The lowest BCUT2D eigenvalue weighted by Gasteiger charge is -2.15. The zero-order chi connectivity index (χ0) is 13.1. The van der Waals surface area contributed by atoms with Crippen molar-refractivity contribution in [3.8, 4) is 0 Å². The van der Waals surface area contributed by atoms with E-state index >= 15 is 0 Å². The number of amides is 1. The van der Waals surface area contributed by atoms with Gasteiger partial charge in [-0.1, -0.05) is 25.9 Å². The van der Waals surface area contributed by atoms with Crippen molar-refractivity contribution < 1.29 is 9.32 Å². The van der Waals surface area contributed by atoms with Crippen LogP contribution in [0.4, 0.5) is 6.01 Å². The third-order valence-electron chi connectivity index (χ3n) is 3.13. The van der Waals surface area contributed by atoms with Gasteiger partial charge < -0.3 is 14.7 Å². The van der Waals surface area contributed by atoms with E-state index in [4.69, 9.17) is 4.52 Å². The van der Waals surface area contributed by atoms with Crippen LogP contribution in [0.15, 0.2) is 4.52 Å². The molecule has 1 aromatic heterocycles. The molecule has 2 rings (SSSR count). The van der Waals surface area contributed by atoms with E-state index < -0.39 is 0 Å². The maximum absolute atomic E-state index is 11.6. The first kappa shape index (κ1) is 12.9. The van der Waals surface area contributed by atoms with E-state index in [1.807, 2.05) is 25.7 Å². The molecule has 6 heteroatoms. The molecule has 1 saturated heterocycles. The summed E-state index contributed by atoms with van der Waals surface area (Å²) in [6, 6.07) is 0.662. The summed E-state index contributed by atoms with van der Waals surface area (Å²) < 4.78 is 5.13. The lowest BCUT2D eigenvalue weighted by Crippen LogP contribution is -2.30. The SMILES string of the molecule is CCC(=O)N1CC[C@@H](Nc2nc(C(C)C)no2)C1. The van der Waals surface area contributed by atoms with E-state index in [1.165, 1.54) is 0 Å². The monoisotopic (exact) mass is 252 g/mol. The van der Waals surface area contributed by atoms with Crippen LogP contribution in [0.3, 0.4) is 0 Å². The molecular formula is C12H20N4O2. The van der Waals surface area contributed by atoms with Gasteiger partial charge >= 0.3 is 6.01 Å². The normalized spacial score (nSPS) is 19.6. The smallest absolute Gasteiger partial charge is 0.321 e. The zero-order valence-electron chi connectivity index (χ0n) is 11.1. The number of rotatable bonds is 4. The molecule has 0 spiro atoms. The quantitative estimate of drug-likeness (QED) is 0.881. The molecule has 2 heterocycles. The van der Waals surface area contributed by atoms with Gasteiger partial charge in [-0.2, -0.15) is 4.98 Å². The van der Waals surface area contributed by atoms with Crippen LogP contribution in [-0.2, 0) is 4.79 Å². The van der Waals surface area contributed by atoms with Crippen molar-refractivity contribution in [3.05, 3.63) is 5.82 Å². The molecule has 18 heavy (non-hydrogen) atoms. The molecule has 0 aromatic carbocycles. The number of carbonyl (C=O) groups excluding carboxylic acids is 1. The molecule has 0 unspecified atom stereocenters. The fourth-order valence-corrected chi connectivity index (χ4v) is 2.03. The van der Waals surface area contributed by atoms with Gasteiger partial charge in [0, 0.05) is 31.5 Å². The predicted octanol–water partition coefficient (Wildman–Crippen LogP) is 1.62. The highest BCUT2D eigenvalue weighted by atomic mass is 16.5. The Labute approximate surface area is 107 Å². The van der Waals surface area contributed by atoms with Crippen LogP contribution in [0.25, 0.3) is 0 Å². The second-order valence-electron chi connectivity index (χ2n) is 4.94. The molecule has 100 valence electrons. The van der Waals surface area contributed by atoms with Gasteiger partial charge in [-0.25, -0.2) is 0 Å². The van der Waals surface area contributed by atoms with Crippen molar-refractivity contribution in [2.75, 3.05) is 18.4 Å². The molecule has 1 atom stereocenters. The molecule has 0 aliphatic carbocycles. The Hall–Kier alpha value is -1.59. The molecule has 1 aromatic rings. The highest BCUT2D eigenvalue weighted by Gasteiger charge is 2.26. The molecule has 1 N–H and O–H groups in total. The summed E-state index contributed by atoms with van der Waals surface area (Å²) >= 11 is 0. The number of nitrogens with zero attached hydrogens (tertiary/aromatic N) is 3. The zero-order valence-corrected chi connectivity index (χ0v) is 11.1. The number of carbonyl (C=O) groups is 1. The number of likely N-dealkylation sites (tertiary alicyclic amines) is 1. The van der Waals surface area contributed by atoms with Gasteiger partial charge in [0.2, 0.25) is 5.91 Å². The first-order valence-electron chi connectivity index (χ1n) is 6.48. The molecule has 0 saturated carbocycles. The number of hydrogen-bond acceptors (Lipinski definition) is 5. The fourth-order valence-electron chi connectivity index (χ4n) is 2.03. The summed E-state index contributed by atoms with van der Waals surface area (Å²) in [5, 5.41) is 7.09. The second-order valence-corrected chi connectivity index (χ2v) is 4.94. The minimum Gasteiger partial charge on any atom is -0.341 e. The summed E-state index contributed by atoms with van der Waals surface area (Å²) in [6.07, 6.45) is 1.48. The summed E-state index contributed by atoms with van der Waals surface area (Å²) in [4.78, 5) is 17.7. The molecule has 0 bridgehead atoms. The van der Waals surface area contributed by atoms with Crippen LogP contribution in [0, 0.1) is 0 Å². The second kappa shape index (κ2) is 5.37. The molecule has 1 fully saturated rings. The lowest BCUT2D eigenvalue weighted by molar-refractivity contribution is -0.129. The fraction of sp³-hybridized carbons (Fsp3) is 0.750. The Kier molecular flexibility index (Phi) is 3.84. The van der Waals surface area contributed by atoms with E-state index in [0.29, 0.717) is 24.8 Å². The number of hydrogen-bond donors (Lipinski definition) is 1. The van der Waals surface area contributed by atoms with Crippen molar-refractivity contribution in [1.29, 1.82) is 0 Å². The Bertz CT molecular complexity index is 416. The third-order valence-corrected chi connectivity index (χ3v) is 3.13. The van der Waals surface area contributed by atoms with Crippen LogP contribution >= 0.6 is 0 Å². The summed E-state index contributed by atoms with van der Waals surface area (Å²) in [5.41, 5.74) is 0. The van der Waals surface area contributed by atoms with E-state index in [2.05, 4.69) is 15.5 Å². The van der Waals surface area contributed by atoms with Crippen LogP contribution < -0.4 is 5.32 Å². The van der Waals surface area contributed by atoms with Gasteiger partial charge in [-0.3, -0.25) is 4.79 Å². The van der Waals surface area contributed by atoms with Crippen molar-refractivity contribution in [1.82, 2.24) is 15.0 Å². The van der Waals surface area contributed by atoms with Gasteiger partial charge in [0.15, 0.2) is 5.82 Å². The summed E-state index contributed by atoms with van der Waals surface area (Å²) in [5.74, 6) is 1.16. The highest BCUT2D eigenvalue weighted by molar-refractivity contribution is 5.76. The molecule has 6 nitrogen and oxygen atoms in total. The first-order chi connectivity index (χ1) is 8.60. The van der Waals surface area contributed by atoms with Gasteiger partial charge in [-0.15, -0.1) is 0 Å². The Balaban J connectivity index is 1.89.